The van der Waals surface area contributed by atoms with Crippen molar-refractivity contribution in [2.24, 2.45) is 5.92 Å². The number of rotatable bonds is 5. The number of piperidine rings is 1. The van der Waals surface area contributed by atoms with E-state index in [-0.39, 0.29) is 32.7 Å². The smallest absolute Gasteiger partial charge is 0.367 e. The van der Waals surface area contributed by atoms with Crippen LogP contribution in [0, 0.1) is 5.92 Å². The number of nitrogens with one attached hydrogen (secondary N) is 1. The molecule has 1 aliphatic heterocycles. The first-order chi connectivity index (χ1) is 12.5. The Morgan fingerprint density at radius 3 is 2.33 bits per heavy atom. The van der Waals surface area contributed by atoms with Crippen LogP contribution in [0.4, 0.5) is 31.1 Å². The third-order valence-electron chi connectivity index (χ3n) is 4.17. The van der Waals surface area contributed by atoms with E-state index in [0.29, 0.717) is 17.5 Å². The van der Waals surface area contributed by atoms with E-state index in [1.54, 1.807) is 24.3 Å². The highest BCUT2D eigenvalue weighted by atomic mass is 19.4. The summed E-state index contributed by atoms with van der Waals surface area (Å²) in [6.45, 7) is -1.51. The van der Waals surface area contributed by atoms with Gasteiger partial charge in [0.25, 0.3) is 0 Å². The van der Waals surface area contributed by atoms with E-state index in [1.165, 1.54) is 0 Å². The number of carbonyl (C=O) groups excluding carboxylic acids is 1. The lowest BCUT2D eigenvalue weighted by Crippen LogP contribution is -2.48. The number of carbonyl (C=O) groups is 1. The minimum Gasteiger partial charge on any atom is -0.367 e. The molecule has 1 aliphatic rings. The van der Waals surface area contributed by atoms with Gasteiger partial charge in [0, 0.05) is 19.6 Å². The van der Waals surface area contributed by atoms with E-state index in [9.17, 15) is 31.1 Å². The molecular formula is C17H20F6N2O2. The molecule has 1 saturated heterocycles. The molecule has 152 valence electrons. The maximum atomic E-state index is 12.8. The molecule has 1 heterocycles. The van der Waals surface area contributed by atoms with Crippen LogP contribution in [0.1, 0.15) is 24.0 Å². The number of nitrogens with zero attached hydrogens (tertiary/aromatic N) is 1. The molecule has 27 heavy (non-hydrogen) atoms. The maximum absolute atomic E-state index is 12.8. The van der Waals surface area contributed by atoms with Crippen LogP contribution >= 0.6 is 0 Å². The summed E-state index contributed by atoms with van der Waals surface area (Å²) in [6, 6.07) is 5.79. The number of halogens is 6. The number of hydrogen-bond donors (Lipinski definition) is 1. The van der Waals surface area contributed by atoms with Crippen LogP contribution in [0.15, 0.2) is 24.3 Å². The second kappa shape index (κ2) is 8.81. The molecule has 0 aromatic heterocycles. The quantitative estimate of drug-likeness (QED) is 0.754. The van der Waals surface area contributed by atoms with Crippen LogP contribution in [0.2, 0.25) is 0 Å². The summed E-state index contributed by atoms with van der Waals surface area (Å²) < 4.78 is 78.9. The lowest BCUT2D eigenvalue weighted by atomic mass is 9.98. The third kappa shape index (κ3) is 7.28. The molecule has 1 fully saturated rings. The molecule has 1 N–H and O–H groups in total. The third-order valence-corrected chi connectivity index (χ3v) is 4.17. The molecule has 2 rings (SSSR count). The van der Waals surface area contributed by atoms with Crippen molar-refractivity contribution in [1.82, 2.24) is 10.2 Å². The van der Waals surface area contributed by atoms with Gasteiger partial charge in [0.2, 0.25) is 0 Å². The number of amides is 2. The van der Waals surface area contributed by atoms with Gasteiger partial charge in [-0.15, -0.1) is 0 Å². The lowest BCUT2D eigenvalue weighted by molar-refractivity contribution is -0.184. The van der Waals surface area contributed by atoms with Crippen molar-refractivity contribution in [3.63, 3.8) is 0 Å². The second-order valence-electron chi connectivity index (χ2n) is 6.41. The molecule has 1 aromatic rings. The summed E-state index contributed by atoms with van der Waals surface area (Å²) in [4.78, 5) is 13.2. The topological polar surface area (TPSA) is 41.6 Å². The first kappa shape index (κ1) is 21.3. The van der Waals surface area contributed by atoms with Gasteiger partial charge in [-0.05, 0) is 24.0 Å². The Hall–Kier alpha value is -1.97. The highest BCUT2D eigenvalue weighted by Gasteiger charge is 2.42. The van der Waals surface area contributed by atoms with Gasteiger partial charge < -0.3 is 15.0 Å². The normalized spacial score (nSPS) is 18.4. The van der Waals surface area contributed by atoms with E-state index >= 15 is 0 Å². The molecule has 0 aliphatic carbocycles. The van der Waals surface area contributed by atoms with Gasteiger partial charge in [-0.1, -0.05) is 24.3 Å². The number of hydrogen-bond acceptors (Lipinski definition) is 2. The highest BCUT2D eigenvalue weighted by Crippen LogP contribution is 2.33. The van der Waals surface area contributed by atoms with E-state index in [1.807, 2.05) is 0 Å². The predicted molar refractivity (Wildman–Crippen MR) is 84.7 cm³/mol. The van der Waals surface area contributed by atoms with Crippen molar-refractivity contribution in [3.05, 3.63) is 35.4 Å². The van der Waals surface area contributed by atoms with Crippen molar-refractivity contribution in [3.8, 4) is 0 Å². The van der Waals surface area contributed by atoms with Crippen molar-refractivity contribution >= 4 is 6.03 Å². The van der Waals surface area contributed by atoms with Crippen LogP contribution in [0.5, 0.6) is 0 Å². The molecule has 0 spiro atoms. The number of benzene rings is 1. The largest absolute Gasteiger partial charge is 0.411 e. The van der Waals surface area contributed by atoms with Gasteiger partial charge in [-0.25, -0.2) is 4.79 Å². The summed E-state index contributed by atoms with van der Waals surface area (Å²) in [5.74, 6) is -1.51. The first-order valence-electron chi connectivity index (χ1n) is 8.36. The summed E-state index contributed by atoms with van der Waals surface area (Å²) in [5, 5.41) is 2.56. The summed E-state index contributed by atoms with van der Waals surface area (Å²) >= 11 is 0. The monoisotopic (exact) mass is 398 g/mol. The van der Waals surface area contributed by atoms with Gasteiger partial charge in [0.1, 0.15) is 6.61 Å². The molecule has 0 radical (unpaired) electrons. The Kier molecular flexibility index (Phi) is 6.96. The highest BCUT2D eigenvalue weighted by molar-refractivity contribution is 5.74. The molecule has 4 nitrogen and oxygen atoms in total. The Labute approximate surface area is 152 Å². The zero-order valence-corrected chi connectivity index (χ0v) is 14.4. The maximum Gasteiger partial charge on any atom is 0.411 e. The summed E-state index contributed by atoms with van der Waals surface area (Å²) in [5.41, 5.74) is 1.21. The predicted octanol–water partition coefficient (Wildman–Crippen LogP) is 4.25. The fourth-order valence-corrected chi connectivity index (χ4v) is 2.76. The van der Waals surface area contributed by atoms with Gasteiger partial charge in [0.05, 0.1) is 12.5 Å². The average Bonchev–Trinajstić information content (AvgIpc) is 2.59. The molecule has 1 atom stereocenters. The van der Waals surface area contributed by atoms with E-state index in [0.717, 1.165) is 4.90 Å². The van der Waals surface area contributed by atoms with Gasteiger partial charge in [0.15, 0.2) is 0 Å². The number of likely N-dealkylation sites (tertiary alicyclic amines) is 1. The SMILES string of the molecule is O=C(NCc1ccc(COCC(F)(F)F)cc1)N1CCCC(C(F)(F)F)C1. The Morgan fingerprint density at radius 2 is 1.74 bits per heavy atom. The van der Waals surface area contributed by atoms with Crippen molar-refractivity contribution in [2.75, 3.05) is 19.7 Å². The molecule has 0 saturated carbocycles. The second-order valence-corrected chi connectivity index (χ2v) is 6.41. The lowest BCUT2D eigenvalue weighted by Gasteiger charge is -2.33. The van der Waals surface area contributed by atoms with Gasteiger partial charge in [-0.3, -0.25) is 0 Å². The number of alkyl halides is 6. The van der Waals surface area contributed by atoms with Crippen LogP contribution in [-0.4, -0.2) is 43.0 Å². The zero-order chi connectivity index (χ0) is 20.1. The van der Waals surface area contributed by atoms with Crippen molar-refractivity contribution in [2.45, 2.75) is 38.3 Å². The fraction of sp³-hybridized carbons (Fsp3) is 0.588. The molecule has 0 bridgehead atoms. The standard InChI is InChI=1S/C17H20F6N2O2/c18-16(19,20)11-27-10-13-5-3-12(4-6-13)8-24-15(26)25-7-1-2-14(9-25)17(21,22)23/h3-6,14H,1-2,7-11H2,(H,24,26). The average molecular weight is 398 g/mol. The van der Waals surface area contributed by atoms with E-state index in [4.69, 9.17) is 0 Å². The Morgan fingerprint density at radius 1 is 1.11 bits per heavy atom. The minimum atomic E-state index is -4.39. The van der Waals surface area contributed by atoms with Crippen molar-refractivity contribution in [1.29, 1.82) is 0 Å². The number of urea groups is 1. The molecule has 10 heteroatoms. The first-order valence-corrected chi connectivity index (χ1v) is 8.36. The van der Waals surface area contributed by atoms with E-state index in [2.05, 4.69) is 10.1 Å². The zero-order valence-electron chi connectivity index (χ0n) is 14.4. The fourth-order valence-electron chi connectivity index (χ4n) is 2.76. The molecular weight excluding hydrogens is 378 g/mol. The molecule has 1 aromatic carbocycles. The van der Waals surface area contributed by atoms with Crippen molar-refractivity contribution < 1.29 is 35.9 Å². The minimum absolute atomic E-state index is 0.0190. The Bertz CT molecular complexity index is 615. The molecule has 1 unspecified atom stereocenters. The summed E-state index contributed by atoms with van der Waals surface area (Å²) in [6.07, 6.45) is -8.39. The number of ether oxygens (including phenoxy) is 1. The van der Waals surface area contributed by atoms with Crippen LogP contribution < -0.4 is 5.32 Å². The van der Waals surface area contributed by atoms with Gasteiger partial charge in [-0.2, -0.15) is 26.3 Å². The molecule has 2 amide bonds. The summed E-state index contributed by atoms with van der Waals surface area (Å²) in [7, 11) is 0. The van der Waals surface area contributed by atoms with Crippen LogP contribution in [-0.2, 0) is 17.9 Å². The van der Waals surface area contributed by atoms with Crippen LogP contribution in [0.25, 0.3) is 0 Å². The van der Waals surface area contributed by atoms with E-state index < -0.39 is 30.9 Å². The Balaban J connectivity index is 1.78. The van der Waals surface area contributed by atoms with Gasteiger partial charge >= 0.3 is 18.4 Å². The van der Waals surface area contributed by atoms with Crippen LogP contribution in [0.3, 0.4) is 0 Å².